The van der Waals surface area contributed by atoms with Crippen LogP contribution in [0.25, 0.3) is 10.2 Å². The van der Waals surface area contributed by atoms with Crippen LogP contribution in [0.1, 0.15) is 27.2 Å². The van der Waals surface area contributed by atoms with Crippen LogP contribution in [0.3, 0.4) is 0 Å². The van der Waals surface area contributed by atoms with Gasteiger partial charge in [-0.05, 0) is 30.5 Å². The third-order valence-corrected chi connectivity index (χ3v) is 3.72. The molecule has 0 aliphatic heterocycles. The van der Waals surface area contributed by atoms with Gasteiger partial charge in [0.25, 0.3) is 0 Å². The summed E-state index contributed by atoms with van der Waals surface area (Å²) in [5, 5.41) is 3.59. The van der Waals surface area contributed by atoms with E-state index < -0.39 is 0 Å². The van der Waals surface area contributed by atoms with Gasteiger partial charge in [0, 0.05) is 11.7 Å². The molecule has 1 heterocycles. The maximum absolute atomic E-state index is 4.28. The van der Waals surface area contributed by atoms with E-state index in [0.29, 0.717) is 12.0 Å². The van der Waals surface area contributed by atoms with Crippen molar-refractivity contribution in [2.45, 2.75) is 33.2 Å². The highest BCUT2D eigenvalue weighted by Crippen LogP contribution is 2.23. The zero-order valence-electron chi connectivity index (χ0n) is 10.0. The minimum Gasteiger partial charge on any atom is -0.382 e. The molecule has 3 heteroatoms. The summed E-state index contributed by atoms with van der Waals surface area (Å²) in [6, 6.07) is 6.94. The van der Waals surface area contributed by atoms with E-state index in [9.17, 15) is 0 Å². The molecule has 1 aromatic carbocycles. The van der Waals surface area contributed by atoms with Crippen molar-refractivity contribution in [2.75, 3.05) is 5.32 Å². The zero-order valence-corrected chi connectivity index (χ0v) is 10.8. The van der Waals surface area contributed by atoms with Gasteiger partial charge in [-0.15, -0.1) is 11.3 Å². The van der Waals surface area contributed by atoms with Crippen LogP contribution in [0.4, 0.5) is 5.69 Å². The Morgan fingerprint density at radius 2 is 2.19 bits per heavy atom. The van der Waals surface area contributed by atoms with Crippen molar-refractivity contribution in [1.82, 2.24) is 4.98 Å². The lowest BCUT2D eigenvalue weighted by atomic mass is 10.0. The first-order chi connectivity index (χ1) is 7.70. The van der Waals surface area contributed by atoms with Gasteiger partial charge >= 0.3 is 0 Å². The van der Waals surface area contributed by atoms with E-state index in [2.05, 4.69) is 49.3 Å². The van der Waals surface area contributed by atoms with E-state index in [1.165, 1.54) is 10.4 Å². The maximum Gasteiger partial charge on any atom is 0.0813 e. The Kier molecular flexibility index (Phi) is 3.44. The summed E-state index contributed by atoms with van der Waals surface area (Å²) >= 11 is 1.69. The standard InChI is InChI=1S/C13H18N2S/c1-4-11(9(2)3)15-10-5-6-12-13(7-10)16-8-14-12/h5-9,11,15H,4H2,1-3H3. The molecule has 0 saturated heterocycles. The molecule has 0 amide bonds. The van der Waals surface area contributed by atoms with Gasteiger partial charge in [-0.1, -0.05) is 20.8 Å². The van der Waals surface area contributed by atoms with E-state index in [4.69, 9.17) is 0 Å². The minimum atomic E-state index is 0.547. The van der Waals surface area contributed by atoms with Crippen LogP contribution in [0.5, 0.6) is 0 Å². The lowest BCUT2D eigenvalue weighted by Gasteiger charge is -2.21. The van der Waals surface area contributed by atoms with Crippen molar-refractivity contribution in [3.8, 4) is 0 Å². The topological polar surface area (TPSA) is 24.9 Å². The number of nitrogens with one attached hydrogen (secondary N) is 1. The molecule has 86 valence electrons. The predicted molar refractivity (Wildman–Crippen MR) is 72.2 cm³/mol. The van der Waals surface area contributed by atoms with Gasteiger partial charge in [0.2, 0.25) is 0 Å². The lowest BCUT2D eigenvalue weighted by molar-refractivity contribution is 0.511. The minimum absolute atomic E-state index is 0.547. The molecule has 0 fully saturated rings. The Labute approximate surface area is 101 Å². The molecule has 1 aromatic heterocycles. The first-order valence-corrected chi connectivity index (χ1v) is 6.68. The van der Waals surface area contributed by atoms with Crippen molar-refractivity contribution in [3.05, 3.63) is 23.7 Å². The molecule has 0 saturated carbocycles. The van der Waals surface area contributed by atoms with Gasteiger partial charge in [0.15, 0.2) is 0 Å². The van der Waals surface area contributed by atoms with Crippen LogP contribution in [0.2, 0.25) is 0 Å². The van der Waals surface area contributed by atoms with Gasteiger partial charge in [-0.25, -0.2) is 4.98 Å². The molecule has 0 aliphatic rings. The van der Waals surface area contributed by atoms with Crippen LogP contribution < -0.4 is 5.32 Å². The second kappa shape index (κ2) is 4.83. The summed E-state index contributed by atoms with van der Waals surface area (Å²) in [5.74, 6) is 0.655. The Morgan fingerprint density at radius 1 is 1.38 bits per heavy atom. The summed E-state index contributed by atoms with van der Waals surface area (Å²) in [4.78, 5) is 4.28. The SMILES string of the molecule is CCC(Nc1ccc2ncsc2c1)C(C)C. The van der Waals surface area contributed by atoms with E-state index in [1.54, 1.807) is 11.3 Å². The molecular weight excluding hydrogens is 216 g/mol. The molecule has 2 aromatic rings. The molecule has 1 unspecified atom stereocenters. The molecule has 16 heavy (non-hydrogen) atoms. The number of benzene rings is 1. The smallest absolute Gasteiger partial charge is 0.0813 e. The number of thiazole rings is 1. The summed E-state index contributed by atoms with van der Waals surface area (Å²) in [6.07, 6.45) is 1.15. The van der Waals surface area contributed by atoms with E-state index in [1.807, 2.05) is 5.51 Å². The fraction of sp³-hybridized carbons (Fsp3) is 0.462. The molecule has 2 nitrogen and oxygen atoms in total. The Balaban J connectivity index is 2.19. The molecule has 0 aliphatic carbocycles. The number of hydrogen-bond acceptors (Lipinski definition) is 3. The number of hydrogen-bond donors (Lipinski definition) is 1. The molecule has 0 spiro atoms. The lowest BCUT2D eigenvalue weighted by Crippen LogP contribution is -2.24. The third-order valence-electron chi connectivity index (χ3n) is 2.93. The van der Waals surface area contributed by atoms with Gasteiger partial charge in [0.05, 0.1) is 15.7 Å². The number of aromatic nitrogens is 1. The normalized spacial score (nSPS) is 13.2. The van der Waals surface area contributed by atoms with Crippen molar-refractivity contribution in [2.24, 2.45) is 5.92 Å². The Hall–Kier alpha value is -1.09. The van der Waals surface area contributed by atoms with Crippen molar-refractivity contribution in [1.29, 1.82) is 0 Å². The predicted octanol–water partition coefficient (Wildman–Crippen LogP) is 4.14. The van der Waals surface area contributed by atoms with Gasteiger partial charge in [0.1, 0.15) is 0 Å². The van der Waals surface area contributed by atoms with Gasteiger partial charge in [-0.3, -0.25) is 0 Å². The molecule has 1 N–H and O–H groups in total. The second-order valence-electron chi connectivity index (χ2n) is 4.44. The number of rotatable bonds is 4. The van der Waals surface area contributed by atoms with Crippen molar-refractivity contribution < 1.29 is 0 Å². The highest BCUT2D eigenvalue weighted by molar-refractivity contribution is 7.16. The summed E-state index contributed by atoms with van der Waals surface area (Å²) in [5.41, 5.74) is 4.19. The number of anilines is 1. The molecule has 0 radical (unpaired) electrons. The average molecular weight is 234 g/mol. The summed E-state index contributed by atoms with van der Waals surface area (Å²) in [6.45, 7) is 6.74. The van der Waals surface area contributed by atoms with Gasteiger partial charge in [-0.2, -0.15) is 0 Å². The van der Waals surface area contributed by atoms with E-state index in [0.717, 1.165) is 11.9 Å². The maximum atomic E-state index is 4.28. The summed E-state index contributed by atoms with van der Waals surface area (Å²) in [7, 11) is 0. The van der Waals surface area contributed by atoms with Gasteiger partial charge < -0.3 is 5.32 Å². The second-order valence-corrected chi connectivity index (χ2v) is 5.32. The monoisotopic (exact) mass is 234 g/mol. The number of fused-ring (bicyclic) bond motifs is 1. The fourth-order valence-corrected chi connectivity index (χ4v) is 2.62. The molecule has 1 atom stereocenters. The largest absolute Gasteiger partial charge is 0.382 e. The van der Waals surface area contributed by atoms with Crippen LogP contribution in [0, 0.1) is 5.92 Å². The fourth-order valence-electron chi connectivity index (χ4n) is 1.90. The van der Waals surface area contributed by atoms with E-state index in [-0.39, 0.29) is 0 Å². The Morgan fingerprint density at radius 3 is 2.88 bits per heavy atom. The third kappa shape index (κ3) is 2.35. The van der Waals surface area contributed by atoms with Crippen molar-refractivity contribution in [3.63, 3.8) is 0 Å². The van der Waals surface area contributed by atoms with Crippen LogP contribution in [-0.2, 0) is 0 Å². The van der Waals surface area contributed by atoms with Crippen molar-refractivity contribution >= 4 is 27.2 Å². The first-order valence-electron chi connectivity index (χ1n) is 5.80. The quantitative estimate of drug-likeness (QED) is 0.860. The molecule has 0 bridgehead atoms. The van der Waals surface area contributed by atoms with E-state index >= 15 is 0 Å². The van der Waals surface area contributed by atoms with Crippen LogP contribution in [-0.4, -0.2) is 11.0 Å². The first kappa shape index (κ1) is 11.4. The highest BCUT2D eigenvalue weighted by Gasteiger charge is 2.10. The van der Waals surface area contributed by atoms with Crippen LogP contribution >= 0.6 is 11.3 Å². The van der Waals surface area contributed by atoms with Crippen LogP contribution in [0.15, 0.2) is 23.7 Å². The zero-order chi connectivity index (χ0) is 11.5. The highest BCUT2D eigenvalue weighted by atomic mass is 32.1. The summed E-state index contributed by atoms with van der Waals surface area (Å²) < 4.78 is 1.25. The average Bonchev–Trinajstić information content (AvgIpc) is 2.72. The number of nitrogens with zero attached hydrogens (tertiary/aromatic N) is 1. The molecular formula is C13H18N2S. The Bertz CT molecular complexity index is 462. The molecule has 2 rings (SSSR count).